The monoisotopic (exact) mass is 805 g/mol. The van der Waals surface area contributed by atoms with Crippen LogP contribution in [0.2, 0.25) is 0 Å². The number of hydrogen-bond acceptors (Lipinski definition) is 4. The summed E-state index contributed by atoms with van der Waals surface area (Å²) >= 11 is 9.78. The Morgan fingerprint density at radius 2 is 1.16 bits per heavy atom. The van der Waals surface area contributed by atoms with Crippen LogP contribution >= 0.6 is 24.4 Å². The second-order valence-electron chi connectivity index (χ2n) is 20.6. The minimum absolute atomic E-state index is 0.446. The van der Waals surface area contributed by atoms with Crippen molar-refractivity contribution >= 4 is 45.8 Å². The second-order valence-corrected chi connectivity index (χ2v) is 21.6. The first-order chi connectivity index (χ1) is 26.1. The topological polar surface area (TPSA) is 76.8 Å². The first-order valence-electron chi connectivity index (χ1n) is 22.3. The third-order valence-electron chi connectivity index (χ3n) is 15.3. The van der Waals surface area contributed by atoms with Gasteiger partial charge in [-0.3, -0.25) is 9.98 Å². The summed E-state index contributed by atoms with van der Waals surface area (Å²) in [4.78, 5) is 9.80. The molecule has 0 aromatic carbocycles. The molecule has 4 aliphatic carbocycles. The predicted octanol–water partition coefficient (Wildman–Crippen LogP) is 14.1. The molecule has 4 rings (SSSR count). The van der Waals surface area contributed by atoms with E-state index < -0.39 is 0 Å². The van der Waals surface area contributed by atoms with Gasteiger partial charge >= 0.3 is 0 Å². The van der Waals surface area contributed by atoms with Crippen LogP contribution in [0.1, 0.15) is 185 Å². The summed E-state index contributed by atoms with van der Waals surface area (Å²) in [6.45, 7) is 31.8. The van der Waals surface area contributed by atoms with Crippen molar-refractivity contribution in [3.8, 4) is 0 Å². The van der Waals surface area contributed by atoms with E-state index in [1.807, 2.05) is 0 Å². The van der Waals surface area contributed by atoms with Crippen molar-refractivity contribution in [3.63, 3.8) is 0 Å². The number of nitrogens with two attached hydrogens (primary N) is 2. The Morgan fingerprint density at radius 1 is 0.714 bits per heavy atom. The first kappa shape index (κ1) is 48.4. The van der Waals surface area contributed by atoms with E-state index in [2.05, 4.69) is 111 Å². The number of aliphatic imine (C=N–C) groups is 2. The van der Waals surface area contributed by atoms with Crippen molar-refractivity contribution in [2.75, 3.05) is 13.1 Å². The van der Waals surface area contributed by atoms with Crippen LogP contribution in [0.15, 0.2) is 57.1 Å². The van der Waals surface area contributed by atoms with E-state index >= 15 is 0 Å². The number of thiocarbonyl (C=S) groups is 2. The quantitative estimate of drug-likeness (QED) is 0.0925. The number of nitrogens with zero attached hydrogens (tertiary/aromatic N) is 2. The fraction of sp³-hybridized carbons (Fsp3) is 0.760. The lowest BCUT2D eigenvalue weighted by atomic mass is 9.47. The van der Waals surface area contributed by atoms with Crippen LogP contribution in [0.5, 0.6) is 0 Å². The van der Waals surface area contributed by atoms with Crippen molar-refractivity contribution in [1.82, 2.24) is 0 Å². The highest BCUT2D eigenvalue weighted by atomic mass is 32.1. The highest BCUT2D eigenvalue weighted by molar-refractivity contribution is 7.80. The molecule has 0 aromatic rings. The molecular formula is C50H84N4S2. The standard InChI is InChI=1S/2C25H42N2S/c2*1-18(9-7-10-20(3)27-17-23(26)28)11-13-21-19(2)12-14-22-24(4,5)15-8-16-25(21,22)6/h9,12,21-22H,7-8,10-11,13-17H2,1-6H3,(H2,26,28);9,21-22H,2,7-8,10-17H2,1,3-6H3,(H2,26,28)/b2*18-9-,27-20?/t2*21?,22?,25-/m11/s1. The maximum absolute atomic E-state index is 5.52. The zero-order chi connectivity index (χ0) is 41.9. The van der Waals surface area contributed by atoms with Gasteiger partial charge in [0.15, 0.2) is 0 Å². The maximum atomic E-state index is 5.52. The SMILES string of the molecule is C=C1CCC2C(C)(C)CCC[C@]2(C)C1CC/C(C)=C\CCC(C)=NCC(N)=S.CC1=CCC2C(C)(C)CCC[C@]2(C)C1CC/C(C)=C\CCC(C)=NCC(N)=S. The molecule has 0 saturated heterocycles. The highest BCUT2D eigenvalue weighted by Gasteiger charge is 2.53. The first-order valence-corrected chi connectivity index (χ1v) is 23.2. The predicted molar refractivity (Wildman–Crippen MR) is 256 cm³/mol. The minimum atomic E-state index is 0.446. The van der Waals surface area contributed by atoms with Crippen molar-refractivity contribution < 1.29 is 0 Å². The Kier molecular flexibility index (Phi) is 18.5. The van der Waals surface area contributed by atoms with Crippen molar-refractivity contribution in [2.24, 2.45) is 66.8 Å². The summed E-state index contributed by atoms with van der Waals surface area (Å²) in [7, 11) is 0. The zero-order valence-electron chi connectivity index (χ0n) is 38.0. The number of allylic oxidation sites excluding steroid dienone is 7. The molecule has 0 aliphatic heterocycles. The molecule has 0 spiro atoms. The number of rotatable bonds is 16. The average molecular weight is 805 g/mol. The van der Waals surface area contributed by atoms with Gasteiger partial charge in [-0.05, 0) is 176 Å². The van der Waals surface area contributed by atoms with Gasteiger partial charge in [0.25, 0.3) is 0 Å². The largest absolute Gasteiger partial charge is 0.392 e. The fourth-order valence-electron chi connectivity index (χ4n) is 12.1. The molecule has 0 bridgehead atoms. The average Bonchev–Trinajstić information content (AvgIpc) is 3.08. The Balaban J connectivity index is 0.000000300. The van der Waals surface area contributed by atoms with Gasteiger partial charge in [-0.25, -0.2) is 0 Å². The summed E-state index contributed by atoms with van der Waals surface area (Å²) in [6, 6.07) is 0. The van der Waals surface area contributed by atoms with E-state index in [4.69, 9.17) is 35.9 Å². The molecule has 4 aliphatic rings. The lowest BCUT2D eigenvalue weighted by molar-refractivity contribution is -0.0539. The van der Waals surface area contributed by atoms with Gasteiger partial charge in [-0.2, -0.15) is 0 Å². The Bertz CT molecular complexity index is 1520. The van der Waals surface area contributed by atoms with Crippen molar-refractivity contribution in [2.45, 2.75) is 185 Å². The van der Waals surface area contributed by atoms with Gasteiger partial charge < -0.3 is 11.5 Å². The minimum Gasteiger partial charge on any atom is -0.392 e. The van der Waals surface area contributed by atoms with Crippen LogP contribution < -0.4 is 11.5 Å². The van der Waals surface area contributed by atoms with Gasteiger partial charge in [0, 0.05) is 11.4 Å². The summed E-state index contributed by atoms with van der Waals surface area (Å²) in [5.74, 6) is 3.10. The smallest absolute Gasteiger partial charge is 0.0945 e. The van der Waals surface area contributed by atoms with Gasteiger partial charge in [0.2, 0.25) is 0 Å². The molecule has 0 radical (unpaired) electrons. The molecule has 3 saturated carbocycles. The Morgan fingerprint density at radius 3 is 1.64 bits per heavy atom. The lowest BCUT2D eigenvalue weighted by Crippen LogP contribution is -2.49. The second kappa shape index (κ2) is 21.4. The third kappa shape index (κ3) is 13.6. The fourth-order valence-corrected chi connectivity index (χ4v) is 12.2. The van der Waals surface area contributed by atoms with Gasteiger partial charge in [-0.15, -0.1) is 0 Å². The molecular weight excluding hydrogens is 721 g/mol. The summed E-state index contributed by atoms with van der Waals surface area (Å²) in [5.41, 5.74) is 21.4. The van der Waals surface area contributed by atoms with Crippen LogP contribution in [0.4, 0.5) is 0 Å². The van der Waals surface area contributed by atoms with Gasteiger partial charge in [-0.1, -0.05) is 126 Å². The van der Waals surface area contributed by atoms with Crippen molar-refractivity contribution in [1.29, 1.82) is 0 Å². The Hall–Kier alpha value is -1.92. The van der Waals surface area contributed by atoms with Crippen LogP contribution in [-0.4, -0.2) is 34.5 Å². The van der Waals surface area contributed by atoms with Gasteiger partial charge in [0.05, 0.1) is 23.1 Å². The molecule has 4 N–H and O–H groups in total. The molecule has 4 unspecified atom stereocenters. The Labute approximate surface area is 356 Å². The highest BCUT2D eigenvalue weighted by Crippen LogP contribution is 2.62. The number of hydrogen-bond donors (Lipinski definition) is 2. The summed E-state index contributed by atoms with van der Waals surface area (Å²) < 4.78 is 0. The van der Waals surface area contributed by atoms with Crippen LogP contribution in [0.25, 0.3) is 0 Å². The third-order valence-corrected chi connectivity index (χ3v) is 15.5. The van der Waals surface area contributed by atoms with E-state index in [0.717, 1.165) is 54.9 Å². The van der Waals surface area contributed by atoms with E-state index in [0.29, 0.717) is 50.6 Å². The van der Waals surface area contributed by atoms with Gasteiger partial charge in [0.1, 0.15) is 0 Å². The molecule has 0 heterocycles. The van der Waals surface area contributed by atoms with Crippen LogP contribution in [0.3, 0.4) is 0 Å². The number of fused-ring (bicyclic) bond motifs is 2. The summed E-state index contributed by atoms with van der Waals surface area (Å²) in [6.07, 6.45) is 28.6. The molecule has 6 heteroatoms. The summed E-state index contributed by atoms with van der Waals surface area (Å²) in [5, 5.41) is 0. The van der Waals surface area contributed by atoms with Crippen LogP contribution in [-0.2, 0) is 0 Å². The molecule has 0 amide bonds. The molecule has 0 aromatic heterocycles. The van der Waals surface area contributed by atoms with E-state index in [-0.39, 0.29) is 0 Å². The maximum Gasteiger partial charge on any atom is 0.0945 e. The van der Waals surface area contributed by atoms with E-state index in [9.17, 15) is 0 Å². The van der Waals surface area contributed by atoms with E-state index in [1.165, 1.54) is 100 Å². The zero-order valence-corrected chi connectivity index (χ0v) is 39.7. The molecule has 3 fully saturated rings. The van der Waals surface area contributed by atoms with Crippen molar-refractivity contribution in [3.05, 3.63) is 47.1 Å². The lowest BCUT2D eigenvalue weighted by Gasteiger charge is -2.58. The molecule has 4 nitrogen and oxygen atoms in total. The molecule has 6 atom stereocenters. The van der Waals surface area contributed by atoms with Crippen LogP contribution in [0, 0.1) is 45.3 Å². The molecule has 56 heavy (non-hydrogen) atoms. The normalized spacial score (nSPS) is 30.7. The van der Waals surface area contributed by atoms with E-state index in [1.54, 1.807) is 5.57 Å². The molecule has 316 valence electrons.